The zero-order valence-corrected chi connectivity index (χ0v) is 22.7. The maximum atomic E-state index is 14.5. The number of carbonyl (C=O) groups is 2. The van der Waals surface area contributed by atoms with Crippen LogP contribution in [0.25, 0.3) is 11.1 Å². The van der Waals surface area contributed by atoms with Gasteiger partial charge in [-0.05, 0) is 86.2 Å². The van der Waals surface area contributed by atoms with Crippen molar-refractivity contribution in [3.8, 4) is 5.75 Å². The predicted molar refractivity (Wildman–Crippen MR) is 151 cm³/mol. The van der Waals surface area contributed by atoms with Crippen molar-refractivity contribution >= 4 is 34.4 Å². The van der Waals surface area contributed by atoms with Crippen molar-refractivity contribution in [2.45, 2.75) is 38.6 Å². The fourth-order valence-electron chi connectivity index (χ4n) is 5.95. The number of pyridine rings is 1. The number of ketones is 1. The van der Waals surface area contributed by atoms with Crippen molar-refractivity contribution in [3.05, 3.63) is 81.5 Å². The number of H-pyrrole nitrogens is 1. The van der Waals surface area contributed by atoms with Gasteiger partial charge >= 0.3 is 11.8 Å². The quantitative estimate of drug-likeness (QED) is 0.358. The number of hydrogen-bond acceptors (Lipinski definition) is 7. The molecular formula is C30H31N5O5. The molecule has 2 aliphatic heterocycles. The summed E-state index contributed by atoms with van der Waals surface area (Å²) in [6, 6.07) is 12.6. The fraction of sp³-hybridized carbons (Fsp3) is 0.333. The van der Waals surface area contributed by atoms with Gasteiger partial charge in [-0.2, -0.15) is 0 Å². The highest BCUT2D eigenvalue weighted by Crippen LogP contribution is 2.37. The minimum absolute atomic E-state index is 0.170. The molecule has 4 heterocycles. The highest BCUT2D eigenvalue weighted by molar-refractivity contribution is 6.08. The van der Waals surface area contributed by atoms with Crippen LogP contribution in [0, 0.1) is 13.8 Å². The van der Waals surface area contributed by atoms with E-state index < -0.39 is 11.3 Å². The van der Waals surface area contributed by atoms with E-state index >= 15 is 0 Å². The fourth-order valence-corrected chi connectivity index (χ4v) is 5.95. The molecule has 0 bridgehead atoms. The first kappa shape index (κ1) is 25.7. The number of hydrogen-bond donors (Lipinski definition) is 2. The summed E-state index contributed by atoms with van der Waals surface area (Å²) in [7, 11) is 1.61. The third kappa shape index (κ3) is 4.39. The predicted octanol–water partition coefficient (Wildman–Crippen LogP) is 4.45. The molecule has 10 heteroatoms. The summed E-state index contributed by atoms with van der Waals surface area (Å²) in [6.07, 6.45) is 3.23. The molecule has 1 fully saturated rings. The number of amides is 2. The van der Waals surface area contributed by atoms with Crippen LogP contribution in [0.5, 0.6) is 5.75 Å². The molecule has 10 nitrogen and oxygen atoms in total. The minimum Gasteiger partial charge on any atom is -0.497 e. The molecule has 2 aromatic carbocycles. The molecule has 40 heavy (non-hydrogen) atoms. The number of Topliss-reactive ketones (excluding diaryl/α,β-unsaturated/α-hetero) is 1. The average molecular weight is 542 g/mol. The van der Waals surface area contributed by atoms with Crippen LogP contribution in [-0.4, -0.2) is 59.0 Å². The number of aromatic nitrogens is 2. The van der Waals surface area contributed by atoms with E-state index in [2.05, 4.69) is 20.2 Å². The lowest BCUT2D eigenvalue weighted by atomic mass is 9.78. The van der Waals surface area contributed by atoms with E-state index in [1.165, 1.54) is 0 Å². The Kier molecular flexibility index (Phi) is 6.32. The van der Waals surface area contributed by atoms with Gasteiger partial charge in [-0.25, -0.2) is 14.6 Å². The van der Waals surface area contributed by atoms with Crippen LogP contribution in [0.15, 0.2) is 57.9 Å². The smallest absolute Gasteiger partial charge is 0.417 e. The van der Waals surface area contributed by atoms with E-state index in [4.69, 9.17) is 9.15 Å². The highest BCUT2D eigenvalue weighted by atomic mass is 16.5. The summed E-state index contributed by atoms with van der Waals surface area (Å²) in [6.45, 7) is 5.28. The normalized spacial score (nSPS) is 16.8. The molecule has 0 aliphatic carbocycles. The number of rotatable bonds is 5. The van der Waals surface area contributed by atoms with E-state index in [-0.39, 0.29) is 11.8 Å². The highest BCUT2D eigenvalue weighted by Gasteiger charge is 2.49. The Morgan fingerprint density at radius 2 is 1.85 bits per heavy atom. The Morgan fingerprint density at radius 1 is 1.05 bits per heavy atom. The Hall–Kier alpha value is -4.60. The van der Waals surface area contributed by atoms with Crippen LogP contribution < -0.4 is 20.7 Å². The maximum Gasteiger partial charge on any atom is 0.417 e. The summed E-state index contributed by atoms with van der Waals surface area (Å²) < 4.78 is 10.7. The first-order valence-corrected chi connectivity index (χ1v) is 13.4. The number of oxazole rings is 1. The molecule has 2 amide bonds. The van der Waals surface area contributed by atoms with Crippen molar-refractivity contribution in [1.82, 2.24) is 14.9 Å². The van der Waals surface area contributed by atoms with Gasteiger partial charge in [0, 0.05) is 37.1 Å². The monoisotopic (exact) mass is 541 g/mol. The van der Waals surface area contributed by atoms with Crippen LogP contribution in [0.4, 0.5) is 16.3 Å². The van der Waals surface area contributed by atoms with E-state index in [1.807, 2.05) is 50.4 Å². The van der Waals surface area contributed by atoms with Gasteiger partial charge in [-0.15, -0.1) is 0 Å². The van der Waals surface area contributed by atoms with Crippen LogP contribution in [-0.2, 0) is 6.42 Å². The van der Waals surface area contributed by atoms with Crippen LogP contribution >= 0.6 is 0 Å². The number of benzene rings is 2. The molecule has 2 aliphatic rings. The molecule has 2 aromatic heterocycles. The zero-order valence-electron chi connectivity index (χ0n) is 22.7. The van der Waals surface area contributed by atoms with Crippen molar-refractivity contribution < 1.29 is 18.7 Å². The number of urea groups is 1. The lowest BCUT2D eigenvalue weighted by Gasteiger charge is -2.47. The standard InChI is InChI=1S/C30H31N5O5/c1-18-4-7-25(31-17-18)34-12-9-30(10-13-34,27(36)21-14-19(2)26-24(16-21)40-29(38)33-26)35-11-8-20-15-22(39-3)5-6-23(20)32-28(35)37/h4-7,14-17H,8-13H2,1-3H3,(H,32,37)(H,33,38). The number of anilines is 2. The Balaban J connectivity index is 1.38. The summed E-state index contributed by atoms with van der Waals surface area (Å²) in [5, 5.41) is 3.03. The van der Waals surface area contributed by atoms with Crippen molar-refractivity contribution in [2.75, 3.05) is 37.0 Å². The van der Waals surface area contributed by atoms with E-state index in [0.717, 1.165) is 22.5 Å². The van der Waals surface area contributed by atoms with Crippen LogP contribution in [0.1, 0.15) is 39.9 Å². The molecular weight excluding hydrogens is 510 g/mol. The van der Waals surface area contributed by atoms with E-state index in [9.17, 15) is 14.4 Å². The number of ether oxygens (including phenoxy) is 1. The van der Waals surface area contributed by atoms with Crippen molar-refractivity contribution in [1.29, 1.82) is 0 Å². The van der Waals surface area contributed by atoms with Gasteiger partial charge in [0.05, 0.1) is 12.6 Å². The van der Waals surface area contributed by atoms with Gasteiger partial charge in [0.15, 0.2) is 11.4 Å². The van der Waals surface area contributed by atoms with Crippen LogP contribution in [0.3, 0.4) is 0 Å². The molecule has 1 saturated heterocycles. The molecule has 0 saturated carbocycles. The van der Waals surface area contributed by atoms with Gasteiger partial charge < -0.3 is 24.3 Å². The Labute approximate surface area is 230 Å². The van der Waals surface area contributed by atoms with Gasteiger partial charge in [-0.1, -0.05) is 6.07 Å². The summed E-state index contributed by atoms with van der Waals surface area (Å²) in [5.41, 5.74) is 3.65. The number of aryl methyl sites for hydroxylation is 2. The number of carbonyl (C=O) groups excluding carboxylic acids is 2. The molecule has 0 atom stereocenters. The number of piperidine rings is 1. The number of fused-ring (bicyclic) bond motifs is 2. The third-order valence-corrected chi connectivity index (χ3v) is 8.14. The lowest BCUT2D eigenvalue weighted by molar-refractivity contribution is 0.0577. The first-order valence-electron chi connectivity index (χ1n) is 13.4. The summed E-state index contributed by atoms with van der Waals surface area (Å²) in [4.78, 5) is 51.3. The van der Waals surface area contributed by atoms with Crippen molar-refractivity contribution in [2.24, 2.45) is 0 Å². The number of nitrogens with one attached hydrogen (secondary N) is 2. The Bertz CT molecular complexity index is 1660. The molecule has 0 spiro atoms. The minimum atomic E-state index is -1.10. The van der Waals surface area contributed by atoms with E-state index in [0.29, 0.717) is 67.0 Å². The number of aromatic amines is 1. The Morgan fingerprint density at radius 3 is 2.58 bits per heavy atom. The topological polar surface area (TPSA) is 121 Å². The number of nitrogens with zero attached hydrogens (tertiary/aromatic N) is 3. The maximum absolute atomic E-state index is 14.5. The largest absolute Gasteiger partial charge is 0.497 e. The third-order valence-electron chi connectivity index (χ3n) is 8.14. The molecule has 2 N–H and O–H groups in total. The second-order valence-corrected chi connectivity index (χ2v) is 10.6. The second kappa shape index (κ2) is 9.86. The molecule has 6 rings (SSSR count). The van der Waals surface area contributed by atoms with Gasteiger partial charge in [0.2, 0.25) is 0 Å². The summed E-state index contributed by atoms with van der Waals surface area (Å²) in [5.74, 6) is 0.814. The molecule has 0 radical (unpaired) electrons. The average Bonchev–Trinajstić information content (AvgIpc) is 3.26. The first-order chi connectivity index (χ1) is 19.3. The van der Waals surface area contributed by atoms with Gasteiger partial charge in [0.25, 0.3) is 0 Å². The molecule has 0 unspecified atom stereocenters. The lowest BCUT2D eigenvalue weighted by Crippen LogP contribution is -2.62. The van der Waals surface area contributed by atoms with Crippen LogP contribution in [0.2, 0.25) is 0 Å². The van der Waals surface area contributed by atoms with Crippen molar-refractivity contribution in [3.63, 3.8) is 0 Å². The van der Waals surface area contributed by atoms with Gasteiger partial charge in [0.1, 0.15) is 17.1 Å². The van der Waals surface area contributed by atoms with Gasteiger partial charge in [-0.3, -0.25) is 9.78 Å². The summed E-state index contributed by atoms with van der Waals surface area (Å²) >= 11 is 0. The second-order valence-electron chi connectivity index (χ2n) is 10.6. The number of methoxy groups -OCH3 is 1. The van der Waals surface area contributed by atoms with E-state index in [1.54, 1.807) is 24.1 Å². The zero-order chi connectivity index (χ0) is 28.0. The SMILES string of the molecule is COc1ccc2c(c1)CCN(C1(C(=O)c3cc(C)c4[nH]c(=O)oc4c3)CCN(c3ccc(C)cn3)CC1)C(=O)N2. The molecule has 4 aromatic rings. The molecule has 206 valence electrons.